The Labute approximate surface area is 141 Å². The SMILES string of the molecule is CCCCNC(=O)c1cccc(COc2ccccc2C(N)=O)c1. The molecule has 0 unspecified atom stereocenters. The summed E-state index contributed by atoms with van der Waals surface area (Å²) in [7, 11) is 0. The molecule has 0 saturated carbocycles. The first-order valence-corrected chi connectivity index (χ1v) is 8.00. The van der Waals surface area contributed by atoms with Crippen LogP contribution in [0, 0.1) is 0 Å². The summed E-state index contributed by atoms with van der Waals surface area (Å²) in [4.78, 5) is 23.5. The molecule has 126 valence electrons. The molecule has 0 saturated heterocycles. The molecule has 2 aromatic rings. The molecule has 5 nitrogen and oxygen atoms in total. The normalized spacial score (nSPS) is 10.2. The molecule has 0 aliphatic carbocycles. The standard InChI is InChI=1S/C19H22N2O3/c1-2-3-11-21-19(23)15-8-6-7-14(12-15)13-24-17-10-5-4-9-16(17)18(20)22/h4-10,12H,2-3,11,13H2,1H3,(H2,20,22)(H,21,23). The van der Waals surface area contributed by atoms with Crippen LogP contribution in [0.3, 0.4) is 0 Å². The zero-order valence-corrected chi connectivity index (χ0v) is 13.7. The molecule has 0 aliphatic heterocycles. The quantitative estimate of drug-likeness (QED) is 0.732. The van der Waals surface area contributed by atoms with Gasteiger partial charge < -0.3 is 15.8 Å². The zero-order valence-electron chi connectivity index (χ0n) is 13.7. The van der Waals surface area contributed by atoms with Gasteiger partial charge in [0.15, 0.2) is 0 Å². The number of rotatable bonds is 8. The van der Waals surface area contributed by atoms with Crippen LogP contribution in [0.4, 0.5) is 0 Å². The Balaban J connectivity index is 2.02. The summed E-state index contributed by atoms with van der Waals surface area (Å²) < 4.78 is 5.69. The molecule has 2 aromatic carbocycles. The number of nitrogens with one attached hydrogen (secondary N) is 1. The third kappa shape index (κ3) is 4.84. The van der Waals surface area contributed by atoms with E-state index in [0.29, 0.717) is 23.4 Å². The van der Waals surface area contributed by atoms with Gasteiger partial charge >= 0.3 is 0 Å². The molecule has 3 N–H and O–H groups in total. The molecule has 0 fully saturated rings. The number of benzene rings is 2. The van der Waals surface area contributed by atoms with Crippen LogP contribution in [0.15, 0.2) is 48.5 Å². The number of unbranched alkanes of at least 4 members (excludes halogenated alkanes) is 1. The van der Waals surface area contributed by atoms with E-state index in [0.717, 1.165) is 18.4 Å². The minimum atomic E-state index is -0.533. The van der Waals surface area contributed by atoms with Crippen molar-refractivity contribution >= 4 is 11.8 Å². The maximum atomic E-state index is 12.1. The fourth-order valence-corrected chi connectivity index (χ4v) is 2.24. The maximum absolute atomic E-state index is 12.1. The van der Waals surface area contributed by atoms with Gasteiger partial charge in [0, 0.05) is 12.1 Å². The molecule has 0 spiro atoms. The van der Waals surface area contributed by atoms with Crippen LogP contribution in [0.5, 0.6) is 5.75 Å². The van der Waals surface area contributed by atoms with Crippen LogP contribution < -0.4 is 15.8 Å². The average molecular weight is 326 g/mol. The fraction of sp³-hybridized carbons (Fsp3) is 0.263. The molecule has 0 atom stereocenters. The monoisotopic (exact) mass is 326 g/mol. The second-order valence-corrected chi connectivity index (χ2v) is 5.46. The van der Waals surface area contributed by atoms with Gasteiger partial charge in [-0.3, -0.25) is 9.59 Å². The van der Waals surface area contributed by atoms with E-state index in [-0.39, 0.29) is 12.5 Å². The third-order valence-corrected chi connectivity index (χ3v) is 3.55. The second kappa shape index (κ2) is 8.72. The molecule has 0 bridgehead atoms. The second-order valence-electron chi connectivity index (χ2n) is 5.46. The summed E-state index contributed by atoms with van der Waals surface area (Å²) in [5.41, 5.74) is 7.11. The Morgan fingerprint density at radius 1 is 1.12 bits per heavy atom. The van der Waals surface area contributed by atoms with Crippen LogP contribution in [0.1, 0.15) is 46.0 Å². The molecule has 0 radical (unpaired) electrons. The van der Waals surface area contributed by atoms with Crippen molar-refractivity contribution in [1.29, 1.82) is 0 Å². The first kappa shape index (κ1) is 17.5. The number of carbonyl (C=O) groups excluding carboxylic acids is 2. The number of hydrogen-bond acceptors (Lipinski definition) is 3. The minimum absolute atomic E-state index is 0.0946. The third-order valence-electron chi connectivity index (χ3n) is 3.55. The Hall–Kier alpha value is -2.82. The largest absolute Gasteiger partial charge is 0.488 e. The van der Waals surface area contributed by atoms with E-state index in [1.54, 1.807) is 36.4 Å². The average Bonchev–Trinajstić information content (AvgIpc) is 2.60. The van der Waals surface area contributed by atoms with Gasteiger partial charge in [-0.15, -0.1) is 0 Å². The van der Waals surface area contributed by atoms with Crippen LogP contribution >= 0.6 is 0 Å². The van der Waals surface area contributed by atoms with E-state index < -0.39 is 5.91 Å². The number of para-hydroxylation sites is 1. The number of amides is 2. The highest BCUT2D eigenvalue weighted by atomic mass is 16.5. The fourth-order valence-electron chi connectivity index (χ4n) is 2.24. The summed E-state index contributed by atoms with van der Waals surface area (Å²) in [5.74, 6) is -0.194. The smallest absolute Gasteiger partial charge is 0.252 e. The molecular weight excluding hydrogens is 304 g/mol. The topological polar surface area (TPSA) is 81.4 Å². The number of primary amides is 1. The predicted molar refractivity (Wildman–Crippen MR) is 93.0 cm³/mol. The summed E-state index contributed by atoms with van der Waals surface area (Å²) in [6, 6.07) is 14.1. The van der Waals surface area contributed by atoms with Gasteiger partial charge in [0.25, 0.3) is 11.8 Å². The highest BCUT2D eigenvalue weighted by molar-refractivity contribution is 5.95. The lowest BCUT2D eigenvalue weighted by molar-refractivity contribution is 0.0951. The number of carbonyl (C=O) groups is 2. The number of ether oxygens (including phenoxy) is 1. The van der Waals surface area contributed by atoms with Crippen molar-refractivity contribution in [2.75, 3.05) is 6.54 Å². The van der Waals surface area contributed by atoms with E-state index >= 15 is 0 Å². The number of nitrogens with two attached hydrogens (primary N) is 1. The van der Waals surface area contributed by atoms with Crippen molar-refractivity contribution in [2.24, 2.45) is 5.73 Å². The van der Waals surface area contributed by atoms with Crippen LogP contribution in [-0.4, -0.2) is 18.4 Å². The van der Waals surface area contributed by atoms with Crippen molar-refractivity contribution < 1.29 is 14.3 Å². The molecule has 2 rings (SSSR count). The molecule has 0 aliphatic rings. The molecule has 0 heterocycles. The van der Waals surface area contributed by atoms with Gasteiger partial charge in [0.05, 0.1) is 5.56 Å². The van der Waals surface area contributed by atoms with Crippen molar-refractivity contribution in [1.82, 2.24) is 5.32 Å². The van der Waals surface area contributed by atoms with Crippen molar-refractivity contribution in [2.45, 2.75) is 26.4 Å². The molecular formula is C19H22N2O3. The van der Waals surface area contributed by atoms with E-state index in [1.807, 2.05) is 12.1 Å². The van der Waals surface area contributed by atoms with Crippen molar-refractivity contribution in [3.05, 3.63) is 65.2 Å². The highest BCUT2D eigenvalue weighted by Crippen LogP contribution is 2.19. The Bertz CT molecular complexity index is 713. The van der Waals surface area contributed by atoms with Gasteiger partial charge in [0.2, 0.25) is 0 Å². The molecule has 5 heteroatoms. The van der Waals surface area contributed by atoms with E-state index in [2.05, 4.69) is 12.2 Å². The van der Waals surface area contributed by atoms with Crippen LogP contribution in [0.25, 0.3) is 0 Å². The van der Waals surface area contributed by atoms with Gasteiger partial charge in [-0.1, -0.05) is 37.6 Å². The lowest BCUT2D eigenvalue weighted by atomic mass is 10.1. The Kier molecular flexibility index (Phi) is 6.37. The number of hydrogen-bond donors (Lipinski definition) is 2. The minimum Gasteiger partial charge on any atom is -0.488 e. The lowest BCUT2D eigenvalue weighted by Crippen LogP contribution is -2.24. The Morgan fingerprint density at radius 3 is 2.67 bits per heavy atom. The van der Waals surface area contributed by atoms with E-state index in [4.69, 9.17) is 10.5 Å². The summed E-state index contributed by atoms with van der Waals surface area (Å²) in [5, 5.41) is 2.88. The summed E-state index contributed by atoms with van der Waals surface area (Å²) in [6.45, 7) is 3.00. The highest BCUT2D eigenvalue weighted by Gasteiger charge is 2.09. The molecule has 0 aromatic heterocycles. The first-order chi connectivity index (χ1) is 11.6. The van der Waals surface area contributed by atoms with Gasteiger partial charge in [-0.05, 0) is 36.2 Å². The van der Waals surface area contributed by atoms with Gasteiger partial charge in [-0.25, -0.2) is 0 Å². The van der Waals surface area contributed by atoms with Crippen molar-refractivity contribution in [3.8, 4) is 5.75 Å². The molecule has 24 heavy (non-hydrogen) atoms. The first-order valence-electron chi connectivity index (χ1n) is 8.00. The van der Waals surface area contributed by atoms with Crippen LogP contribution in [0.2, 0.25) is 0 Å². The van der Waals surface area contributed by atoms with E-state index in [9.17, 15) is 9.59 Å². The maximum Gasteiger partial charge on any atom is 0.252 e. The predicted octanol–water partition coefficient (Wildman–Crippen LogP) is 2.89. The van der Waals surface area contributed by atoms with Crippen molar-refractivity contribution in [3.63, 3.8) is 0 Å². The summed E-state index contributed by atoms with van der Waals surface area (Å²) in [6.07, 6.45) is 1.99. The summed E-state index contributed by atoms with van der Waals surface area (Å²) >= 11 is 0. The Morgan fingerprint density at radius 2 is 1.92 bits per heavy atom. The van der Waals surface area contributed by atoms with Gasteiger partial charge in [-0.2, -0.15) is 0 Å². The van der Waals surface area contributed by atoms with Gasteiger partial charge in [0.1, 0.15) is 12.4 Å². The van der Waals surface area contributed by atoms with E-state index in [1.165, 1.54) is 0 Å². The zero-order chi connectivity index (χ0) is 17.4. The molecule has 2 amide bonds. The van der Waals surface area contributed by atoms with Crippen LogP contribution in [-0.2, 0) is 6.61 Å². The lowest BCUT2D eigenvalue weighted by Gasteiger charge is -2.10.